The highest BCUT2D eigenvalue weighted by Crippen LogP contribution is 2.19. The van der Waals surface area contributed by atoms with E-state index in [-0.39, 0.29) is 17.7 Å². The fourth-order valence-corrected chi connectivity index (χ4v) is 2.05. The molecule has 0 unspecified atom stereocenters. The van der Waals surface area contributed by atoms with Crippen molar-refractivity contribution in [2.24, 2.45) is 0 Å². The van der Waals surface area contributed by atoms with Crippen LogP contribution in [-0.4, -0.2) is 29.6 Å². The number of anilines is 1. The predicted octanol–water partition coefficient (Wildman–Crippen LogP) is 3.32. The second kappa shape index (κ2) is 8.31. The van der Waals surface area contributed by atoms with Crippen molar-refractivity contribution in [1.82, 2.24) is 4.98 Å². The number of nitrogens with zero attached hydrogens (tertiary/aromatic N) is 1. The van der Waals surface area contributed by atoms with Gasteiger partial charge >= 0.3 is 5.97 Å². The molecule has 0 bridgehead atoms. The van der Waals surface area contributed by atoms with Crippen LogP contribution >= 0.6 is 11.6 Å². The van der Waals surface area contributed by atoms with Crippen molar-refractivity contribution < 1.29 is 19.1 Å². The van der Waals surface area contributed by atoms with Gasteiger partial charge in [0.05, 0.1) is 17.9 Å². The van der Waals surface area contributed by atoms with Crippen molar-refractivity contribution in [2.75, 3.05) is 11.9 Å². The highest BCUT2D eigenvalue weighted by atomic mass is 35.5. The van der Waals surface area contributed by atoms with Crippen molar-refractivity contribution in [1.29, 1.82) is 0 Å². The molecule has 1 aromatic carbocycles. The van der Waals surface area contributed by atoms with Gasteiger partial charge in [-0.1, -0.05) is 17.7 Å². The van der Waals surface area contributed by atoms with Gasteiger partial charge < -0.3 is 14.8 Å². The van der Waals surface area contributed by atoms with E-state index in [1.807, 2.05) is 0 Å². The molecule has 6 nitrogen and oxygen atoms in total. The van der Waals surface area contributed by atoms with Gasteiger partial charge in [-0.15, -0.1) is 0 Å². The molecular formula is C17H17ClN2O4. The minimum Gasteiger partial charge on any atom is -0.481 e. The first-order valence-electron chi connectivity index (χ1n) is 7.36. The van der Waals surface area contributed by atoms with Crippen LogP contribution in [0.2, 0.25) is 5.15 Å². The van der Waals surface area contributed by atoms with Gasteiger partial charge in [-0.25, -0.2) is 9.78 Å². The number of esters is 1. The second-order valence-electron chi connectivity index (χ2n) is 4.84. The molecule has 1 atom stereocenters. The number of aromatic nitrogens is 1. The monoisotopic (exact) mass is 348 g/mol. The van der Waals surface area contributed by atoms with Gasteiger partial charge in [0.2, 0.25) is 0 Å². The summed E-state index contributed by atoms with van der Waals surface area (Å²) in [6, 6.07) is 9.76. The molecule has 1 N–H and O–H groups in total. The van der Waals surface area contributed by atoms with Crippen LogP contribution in [0.3, 0.4) is 0 Å². The van der Waals surface area contributed by atoms with Crippen LogP contribution in [-0.2, 0) is 9.53 Å². The Kier molecular flexibility index (Phi) is 6.14. The third kappa shape index (κ3) is 4.70. The van der Waals surface area contributed by atoms with Crippen LogP contribution in [0.5, 0.6) is 5.75 Å². The number of rotatable bonds is 6. The Morgan fingerprint density at radius 3 is 2.79 bits per heavy atom. The number of amides is 1. The van der Waals surface area contributed by atoms with E-state index in [1.54, 1.807) is 44.2 Å². The lowest BCUT2D eigenvalue weighted by atomic mass is 10.2. The highest BCUT2D eigenvalue weighted by molar-refractivity contribution is 6.32. The largest absolute Gasteiger partial charge is 0.481 e. The average Bonchev–Trinajstić information content (AvgIpc) is 2.57. The van der Waals surface area contributed by atoms with E-state index in [0.29, 0.717) is 17.0 Å². The molecule has 0 radical (unpaired) electrons. The maximum atomic E-state index is 12.2. The number of halogens is 1. The molecule has 1 amide bonds. The highest BCUT2D eigenvalue weighted by Gasteiger charge is 2.17. The Bertz CT molecular complexity index is 736. The van der Waals surface area contributed by atoms with Crippen LogP contribution in [0.15, 0.2) is 42.6 Å². The van der Waals surface area contributed by atoms with Crippen molar-refractivity contribution in [3.05, 3.63) is 53.3 Å². The van der Waals surface area contributed by atoms with E-state index in [0.717, 1.165) is 0 Å². The molecule has 2 aromatic rings. The van der Waals surface area contributed by atoms with Gasteiger partial charge in [-0.05, 0) is 44.2 Å². The van der Waals surface area contributed by atoms with Crippen LogP contribution in [0.1, 0.15) is 24.2 Å². The molecule has 126 valence electrons. The summed E-state index contributed by atoms with van der Waals surface area (Å²) in [6.45, 7) is 3.61. The van der Waals surface area contributed by atoms with Gasteiger partial charge in [0.15, 0.2) is 11.3 Å². The van der Waals surface area contributed by atoms with Gasteiger partial charge in [0.25, 0.3) is 5.91 Å². The first-order chi connectivity index (χ1) is 11.5. The van der Waals surface area contributed by atoms with Crippen molar-refractivity contribution in [2.45, 2.75) is 20.0 Å². The lowest BCUT2D eigenvalue weighted by molar-refractivity contribution is -0.122. The standard InChI is InChI=1S/C17H17ClN2O4/c1-3-23-17(22)12-6-4-7-13(10-12)24-11(2)16(21)20-14-8-5-9-19-15(14)18/h4-11H,3H2,1-2H3,(H,20,21)/t11-/m1/s1. The number of nitrogens with one attached hydrogen (secondary N) is 1. The minimum absolute atomic E-state index is 0.197. The number of benzene rings is 1. The predicted molar refractivity (Wildman–Crippen MR) is 90.4 cm³/mol. The summed E-state index contributed by atoms with van der Waals surface area (Å²) in [4.78, 5) is 27.8. The van der Waals surface area contributed by atoms with E-state index in [2.05, 4.69) is 10.3 Å². The fourth-order valence-electron chi connectivity index (χ4n) is 1.88. The van der Waals surface area contributed by atoms with E-state index in [9.17, 15) is 9.59 Å². The summed E-state index contributed by atoms with van der Waals surface area (Å²) in [6.07, 6.45) is 0.734. The number of hydrogen-bond acceptors (Lipinski definition) is 5. The Hall–Kier alpha value is -2.60. The number of carbonyl (C=O) groups excluding carboxylic acids is 2. The Labute approximate surface area is 144 Å². The first kappa shape index (κ1) is 17.7. The quantitative estimate of drug-likeness (QED) is 0.640. The molecule has 1 aromatic heterocycles. The van der Waals surface area contributed by atoms with Crippen molar-refractivity contribution >= 4 is 29.2 Å². The van der Waals surface area contributed by atoms with Gasteiger partial charge in [-0.3, -0.25) is 4.79 Å². The molecule has 0 aliphatic heterocycles. The lowest BCUT2D eigenvalue weighted by Gasteiger charge is -2.15. The number of carbonyl (C=O) groups is 2. The molecule has 2 rings (SSSR count). The van der Waals surface area contributed by atoms with Gasteiger partial charge in [0.1, 0.15) is 5.75 Å². The molecule has 0 saturated heterocycles. The maximum Gasteiger partial charge on any atom is 0.338 e. The van der Waals surface area contributed by atoms with E-state index in [1.165, 1.54) is 12.3 Å². The summed E-state index contributed by atoms with van der Waals surface area (Å²) >= 11 is 5.90. The molecule has 7 heteroatoms. The molecule has 0 fully saturated rings. The van der Waals surface area contributed by atoms with Crippen LogP contribution in [0.4, 0.5) is 5.69 Å². The summed E-state index contributed by atoms with van der Waals surface area (Å²) in [5.41, 5.74) is 0.761. The zero-order valence-corrected chi connectivity index (χ0v) is 14.0. The van der Waals surface area contributed by atoms with Gasteiger partial charge in [0, 0.05) is 6.20 Å². The van der Waals surface area contributed by atoms with Crippen LogP contribution in [0, 0.1) is 0 Å². The van der Waals surface area contributed by atoms with E-state index < -0.39 is 12.1 Å². The van der Waals surface area contributed by atoms with Crippen LogP contribution < -0.4 is 10.1 Å². The van der Waals surface area contributed by atoms with Crippen molar-refractivity contribution in [3.8, 4) is 5.75 Å². The fraction of sp³-hybridized carbons (Fsp3) is 0.235. The smallest absolute Gasteiger partial charge is 0.338 e. The topological polar surface area (TPSA) is 77.5 Å². The summed E-state index contributed by atoms with van der Waals surface area (Å²) < 4.78 is 10.5. The van der Waals surface area contributed by atoms with Crippen molar-refractivity contribution in [3.63, 3.8) is 0 Å². The maximum absolute atomic E-state index is 12.2. The first-order valence-corrected chi connectivity index (χ1v) is 7.74. The van der Waals surface area contributed by atoms with Gasteiger partial charge in [-0.2, -0.15) is 0 Å². The third-order valence-corrected chi connectivity index (χ3v) is 3.35. The summed E-state index contributed by atoms with van der Waals surface area (Å²) in [7, 11) is 0. The molecule has 24 heavy (non-hydrogen) atoms. The average molecular weight is 349 g/mol. The molecule has 0 saturated carbocycles. The third-order valence-electron chi connectivity index (χ3n) is 3.04. The Morgan fingerprint density at radius 1 is 1.29 bits per heavy atom. The Balaban J connectivity index is 2.02. The van der Waals surface area contributed by atoms with E-state index in [4.69, 9.17) is 21.1 Å². The SMILES string of the molecule is CCOC(=O)c1cccc(O[C@H](C)C(=O)Nc2cccnc2Cl)c1. The van der Waals surface area contributed by atoms with E-state index >= 15 is 0 Å². The summed E-state index contributed by atoms with van der Waals surface area (Å²) in [5, 5.41) is 2.83. The lowest BCUT2D eigenvalue weighted by Crippen LogP contribution is -2.30. The number of pyridine rings is 1. The minimum atomic E-state index is -0.793. The number of hydrogen-bond donors (Lipinski definition) is 1. The molecule has 0 spiro atoms. The zero-order chi connectivity index (χ0) is 17.5. The summed E-state index contributed by atoms with van der Waals surface area (Å²) in [5.74, 6) is -0.436. The zero-order valence-electron chi connectivity index (χ0n) is 13.3. The van der Waals surface area contributed by atoms with Crippen LogP contribution in [0.25, 0.3) is 0 Å². The second-order valence-corrected chi connectivity index (χ2v) is 5.20. The molecule has 0 aliphatic rings. The molecular weight excluding hydrogens is 332 g/mol. The molecule has 1 heterocycles. The number of ether oxygens (including phenoxy) is 2. The normalized spacial score (nSPS) is 11.5. The molecule has 0 aliphatic carbocycles. The Morgan fingerprint density at radius 2 is 2.08 bits per heavy atom.